The van der Waals surface area contributed by atoms with Crippen LogP contribution in [0.5, 0.6) is 0 Å². The van der Waals surface area contributed by atoms with Crippen LogP contribution in [-0.2, 0) is 6.54 Å². The number of hydrogen-bond donors (Lipinski definition) is 2. The molecule has 0 aromatic carbocycles. The van der Waals surface area contributed by atoms with E-state index in [1.807, 2.05) is 5.38 Å². The number of aromatic nitrogens is 2. The molecule has 3 N–H and O–H groups in total. The number of carbonyl (C=O) groups is 1. The summed E-state index contributed by atoms with van der Waals surface area (Å²) in [7, 11) is 0. The fourth-order valence-corrected chi connectivity index (χ4v) is 1.94. The van der Waals surface area contributed by atoms with E-state index in [0.717, 1.165) is 5.01 Å². The summed E-state index contributed by atoms with van der Waals surface area (Å²) in [5.74, 6) is 5.37. The Morgan fingerprint density at radius 3 is 3.11 bits per heavy atom. The number of nitrogens with one attached hydrogen (secondary N) is 1. The van der Waals surface area contributed by atoms with Gasteiger partial charge < -0.3 is 11.1 Å². The Hall–Kier alpha value is -2.23. The molecule has 0 saturated carbocycles. The highest BCUT2D eigenvalue weighted by atomic mass is 32.1. The van der Waals surface area contributed by atoms with E-state index >= 15 is 0 Å². The van der Waals surface area contributed by atoms with Crippen molar-refractivity contribution in [1.29, 1.82) is 0 Å². The first-order valence-electron chi connectivity index (χ1n) is 5.60. The van der Waals surface area contributed by atoms with Crippen LogP contribution in [0.1, 0.15) is 20.9 Å². The van der Waals surface area contributed by atoms with Gasteiger partial charge >= 0.3 is 0 Å². The zero-order chi connectivity index (χ0) is 13.5. The molecule has 0 atom stereocenters. The Kier molecular flexibility index (Phi) is 4.61. The Labute approximate surface area is 114 Å². The van der Waals surface area contributed by atoms with Crippen molar-refractivity contribution in [2.24, 2.45) is 5.73 Å². The second kappa shape index (κ2) is 6.64. The first-order valence-corrected chi connectivity index (χ1v) is 6.48. The van der Waals surface area contributed by atoms with Gasteiger partial charge in [0.05, 0.1) is 18.7 Å². The van der Waals surface area contributed by atoms with Crippen molar-refractivity contribution in [3.63, 3.8) is 0 Å². The number of thiazole rings is 1. The lowest BCUT2D eigenvalue weighted by Crippen LogP contribution is -2.22. The third kappa shape index (κ3) is 3.88. The van der Waals surface area contributed by atoms with Gasteiger partial charge in [0.2, 0.25) is 0 Å². The number of hydrogen-bond acceptors (Lipinski definition) is 5. The topological polar surface area (TPSA) is 80.9 Å². The minimum Gasteiger partial charge on any atom is -0.345 e. The lowest BCUT2D eigenvalue weighted by Gasteiger charge is -2.03. The maximum absolute atomic E-state index is 11.9. The second-order valence-corrected chi connectivity index (χ2v) is 4.56. The molecular formula is C13H12N4OS. The second-order valence-electron chi connectivity index (χ2n) is 3.58. The average Bonchev–Trinajstić information content (AvgIpc) is 2.96. The SMILES string of the molecule is NCC#Cc1cncc(C(=O)NCc2nccs2)c1. The van der Waals surface area contributed by atoms with Crippen molar-refractivity contribution >= 4 is 17.2 Å². The molecule has 96 valence electrons. The summed E-state index contributed by atoms with van der Waals surface area (Å²) >= 11 is 1.50. The Morgan fingerprint density at radius 2 is 2.37 bits per heavy atom. The van der Waals surface area contributed by atoms with Gasteiger partial charge in [-0.25, -0.2) is 4.98 Å². The molecule has 0 bridgehead atoms. The molecule has 0 aliphatic heterocycles. The largest absolute Gasteiger partial charge is 0.345 e. The third-order valence-electron chi connectivity index (χ3n) is 2.22. The van der Waals surface area contributed by atoms with Gasteiger partial charge in [-0.15, -0.1) is 11.3 Å². The molecule has 2 rings (SSSR count). The average molecular weight is 272 g/mol. The molecule has 0 saturated heterocycles. The lowest BCUT2D eigenvalue weighted by molar-refractivity contribution is 0.0950. The van der Waals surface area contributed by atoms with E-state index in [4.69, 9.17) is 5.73 Å². The van der Waals surface area contributed by atoms with Gasteiger partial charge in [0, 0.05) is 29.5 Å². The van der Waals surface area contributed by atoms with Gasteiger partial charge in [-0.2, -0.15) is 0 Å². The van der Waals surface area contributed by atoms with Gasteiger partial charge in [-0.05, 0) is 6.07 Å². The Bertz CT molecular complexity index is 613. The van der Waals surface area contributed by atoms with E-state index in [9.17, 15) is 4.79 Å². The normalized spacial score (nSPS) is 9.53. The van der Waals surface area contributed by atoms with Crippen molar-refractivity contribution in [3.8, 4) is 11.8 Å². The van der Waals surface area contributed by atoms with E-state index < -0.39 is 0 Å². The standard InChI is InChI=1S/C13H12N4OS/c14-3-1-2-10-6-11(8-15-7-10)13(18)17-9-12-16-4-5-19-12/h4-8H,3,9,14H2,(H,17,18). The van der Waals surface area contributed by atoms with Crippen LogP contribution >= 0.6 is 11.3 Å². The van der Waals surface area contributed by atoms with Crippen molar-refractivity contribution < 1.29 is 4.79 Å². The summed E-state index contributed by atoms with van der Waals surface area (Å²) in [5, 5.41) is 5.51. The number of amides is 1. The molecular weight excluding hydrogens is 260 g/mol. The Balaban J connectivity index is 2.02. The fraction of sp³-hybridized carbons (Fsp3) is 0.154. The first-order chi connectivity index (χ1) is 9.29. The predicted molar refractivity (Wildman–Crippen MR) is 73.5 cm³/mol. The van der Waals surface area contributed by atoms with Crippen LogP contribution in [0.2, 0.25) is 0 Å². The summed E-state index contributed by atoms with van der Waals surface area (Å²) in [6.45, 7) is 0.690. The van der Waals surface area contributed by atoms with Crippen molar-refractivity contribution in [2.45, 2.75) is 6.54 Å². The van der Waals surface area contributed by atoms with Gasteiger partial charge in [0.25, 0.3) is 5.91 Å². The zero-order valence-electron chi connectivity index (χ0n) is 10.1. The summed E-state index contributed by atoms with van der Waals surface area (Å²) in [6, 6.07) is 1.69. The molecule has 0 aliphatic carbocycles. The Morgan fingerprint density at radius 1 is 1.47 bits per heavy atom. The van der Waals surface area contributed by atoms with E-state index in [1.54, 1.807) is 18.5 Å². The number of nitrogens with two attached hydrogens (primary N) is 1. The molecule has 0 spiro atoms. The molecule has 5 nitrogen and oxygen atoms in total. The molecule has 0 fully saturated rings. The molecule has 0 unspecified atom stereocenters. The molecule has 2 aromatic rings. The van der Waals surface area contributed by atoms with Gasteiger partial charge in [-0.1, -0.05) is 11.8 Å². The highest BCUT2D eigenvalue weighted by molar-refractivity contribution is 7.09. The number of nitrogens with zero attached hydrogens (tertiary/aromatic N) is 2. The zero-order valence-corrected chi connectivity index (χ0v) is 10.9. The van der Waals surface area contributed by atoms with Crippen LogP contribution in [0.25, 0.3) is 0 Å². The minimum atomic E-state index is -0.195. The third-order valence-corrected chi connectivity index (χ3v) is 3.00. The van der Waals surface area contributed by atoms with Crippen LogP contribution < -0.4 is 11.1 Å². The van der Waals surface area contributed by atoms with Gasteiger partial charge in [0.15, 0.2) is 0 Å². The number of carbonyl (C=O) groups excluding carboxylic acids is 1. The van der Waals surface area contributed by atoms with Gasteiger partial charge in [0.1, 0.15) is 5.01 Å². The van der Waals surface area contributed by atoms with E-state index in [0.29, 0.717) is 17.7 Å². The summed E-state index contributed by atoms with van der Waals surface area (Å²) in [5.41, 5.74) is 6.44. The number of pyridine rings is 1. The van der Waals surface area contributed by atoms with Crippen LogP contribution in [0.4, 0.5) is 0 Å². The highest BCUT2D eigenvalue weighted by Crippen LogP contribution is 2.05. The van der Waals surface area contributed by atoms with Crippen molar-refractivity contribution in [2.75, 3.05) is 6.54 Å². The lowest BCUT2D eigenvalue weighted by atomic mass is 10.2. The summed E-state index contributed by atoms with van der Waals surface area (Å²) in [4.78, 5) is 20.0. The highest BCUT2D eigenvalue weighted by Gasteiger charge is 2.06. The van der Waals surface area contributed by atoms with Crippen LogP contribution in [0.3, 0.4) is 0 Å². The molecule has 0 radical (unpaired) electrons. The van der Waals surface area contributed by atoms with Gasteiger partial charge in [-0.3, -0.25) is 9.78 Å². The summed E-state index contributed by atoms with van der Waals surface area (Å²) in [6.07, 6.45) is 4.81. The van der Waals surface area contributed by atoms with Crippen molar-refractivity contribution in [3.05, 3.63) is 46.2 Å². The molecule has 2 aromatic heterocycles. The predicted octanol–water partition coefficient (Wildman–Crippen LogP) is 0.778. The van der Waals surface area contributed by atoms with Crippen LogP contribution in [0.15, 0.2) is 30.0 Å². The maximum atomic E-state index is 11.9. The molecule has 1 amide bonds. The maximum Gasteiger partial charge on any atom is 0.253 e. The van der Waals surface area contributed by atoms with E-state index in [2.05, 4.69) is 27.1 Å². The smallest absolute Gasteiger partial charge is 0.253 e. The van der Waals surface area contributed by atoms with Crippen LogP contribution in [-0.4, -0.2) is 22.4 Å². The molecule has 2 heterocycles. The summed E-state index contributed by atoms with van der Waals surface area (Å²) < 4.78 is 0. The quantitative estimate of drug-likeness (QED) is 0.809. The fourth-order valence-electron chi connectivity index (χ4n) is 1.38. The monoisotopic (exact) mass is 272 g/mol. The minimum absolute atomic E-state index is 0.195. The number of rotatable bonds is 3. The van der Waals surface area contributed by atoms with E-state index in [1.165, 1.54) is 17.5 Å². The first kappa shape index (κ1) is 13.2. The van der Waals surface area contributed by atoms with Crippen LogP contribution in [0, 0.1) is 11.8 Å². The molecule has 6 heteroatoms. The molecule has 19 heavy (non-hydrogen) atoms. The molecule has 0 aliphatic rings. The van der Waals surface area contributed by atoms with E-state index in [-0.39, 0.29) is 12.5 Å². The van der Waals surface area contributed by atoms with Crippen molar-refractivity contribution in [1.82, 2.24) is 15.3 Å².